The normalized spacial score (nSPS) is 13.3. The molecule has 1 N–H and O–H groups in total. The standard InChI is InChI=1S/C16H22FNO/c1-4-18-15(11(2)3)7-6-14-10-12-9-13(17)5-8-16(12)19-14/h5,8-11,15,18H,4,6-7H2,1-3H3. The first-order valence-electron chi connectivity index (χ1n) is 7.01. The van der Waals surface area contributed by atoms with E-state index in [1.165, 1.54) is 12.1 Å². The van der Waals surface area contributed by atoms with Crippen molar-refractivity contribution < 1.29 is 8.81 Å². The van der Waals surface area contributed by atoms with Crippen molar-refractivity contribution in [2.45, 2.75) is 39.7 Å². The second-order valence-electron chi connectivity index (χ2n) is 5.34. The van der Waals surface area contributed by atoms with Crippen LogP contribution in [0, 0.1) is 11.7 Å². The van der Waals surface area contributed by atoms with Gasteiger partial charge in [-0.25, -0.2) is 4.39 Å². The fourth-order valence-electron chi connectivity index (χ4n) is 2.42. The van der Waals surface area contributed by atoms with Crippen LogP contribution in [-0.4, -0.2) is 12.6 Å². The lowest BCUT2D eigenvalue weighted by molar-refractivity contribution is 0.374. The molecule has 2 nitrogen and oxygen atoms in total. The summed E-state index contributed by atoms with van der Waals surface area (Å²) in [6.07, 6.45) is 1.92. The summed E-state index contributed by atoms with van der Waals surface area (Å²) >= 11 is 0. The topological polar surface area (TPSA) is 25.2 Å². The summed E-state index contributed by atoms with van der Waals surface area (Å²) in [7, 11) is 0. The van der Waals surface area contributed by atoms with Crippen LogP contribution in [-0.2, 0) is 6.42 Å². The number of nitrogens with one attached hydrogen (secondary N) is 1. The summed E-state index contributed by atoms with van der Waals surface area (Å²) in [4.78, 5) is 0. The summed E-state index contributed by atoms with van der Waals surface area (Å²) in [5.41, 5.74) is 0.765. The van der Waals surface area contributed by atoms with E-state index in [-0.39, 0.29) is 5.82 Å². The first kappa shape index (κ1) is 14.1. The smallest absolute Gasteiger partial charge is 0.134 e. The van der Waals surface area contributed by atoms with Crippen LogP contribution in [0.2, 0.25) is 0 Å². The van der Waals surface area contributed by atoms with Crippen molar-refractivity contribution in [1.29, 1.82) is 0 Å². The summed E-state index contributed by atoms with van der Waals surface area (Å²) < 4.78 is 18.9. The number of benzene rings is 1. The summed E-state index contributed by atoms with van der Waals surface area (Å²) in [6.45, 7) is 7.55. The number of halogens is 1. The highest BCUT2D eigenvalue weighted by Gasteiger charge is 2.13. The molecular weight excluding hydrogens is 241 g/mol. The second kappa shape index (κ2) is 6.20. The number of furan rings is 1. The van der Waals surface area contributed by atoms with Crippen LogP contribution in [0.3, 0.4) is 0 Å². The van der Waals surface area contributed by atoms with Gasteiger partial charge in [-0.3, -0.25) is 0 Å². The molecule has 2 aromatic rings. The molecule has 0 fully saturated rings. The highest BCUT2D eigenvalue weighted by atomic mass is 19.1. The lowest BCUT2D eigenvalue weighted by Crippen LogP contribution is -2.34. The Morgan fingerprint density at radius 2 is 2.05 bits per heavy atom. The van der Waals surface area contributed by atoms with Crippen molar-refractivity contribution in [2.75, 3.05) is 6.54 Å². The predicted octanol–water partition coefficient (Wildman–Crippen LogP) is 4.14. The number of aryl methyl sites for hydroxylation is 1. The fourth-order valence-corrected chi connectivity index (χ4v) is 2.42. The fraction of sp³-hybridized carbons (Fsp3) is 0.500. The average Bonchev–Trinajstić information content (AvgIpc) is 2.75. The number of fused-ring (bicyclic) bond motifs is 1. The van der Waals surface area contributed by atoms with Crippen molar-refractivity contribution in [3.8, 4) is 0 Å². The van der Waals surface area contributed by atoms with Crippen LogP contribution in [0.4, 0.5) is 4.39 Å². The van der Waals surface area contributed by atoms with Crippen LogP contribution >= 0.6 is 0 Å². The number of hydrogen-bond acceptors (Lipinski definition) is 2. The van der Waals surface area contributed by atoms with Gasteiger partial charge in [0.1, 0.15) is 17.2 Å². The number of rotatable bonds is 6. The van der Waals surface area contributed by atoms with E-state index in [9.17, 15) is 4.39 Å². The zero-order valence-electron chi connectivity index (χ0n) is 11.9. The molecule has 0 saturated carbocycles. The zero-order valence-corrected chi connectivity index (χ0v) is 11.9. The Bertz CT molecular complexity index is 533. The largest absolute Gasteiger partial charge is 0.461 e. The Balaban J connectivity index is 2.04. The maximum Gasteiger partial charge on any atom is 0.134 e. The lowest BCUT2D eigenvalue weighted by Gasteiger charge is -2.21. The van der Waals surface area contributed by atoms with Crippen LogP contribution in [0.15, 0.2) is 28.7 Å². The Morgan fingerprint density at radius 1 is 1.26 bits per heavy atom. The third kappa shape index (κ3) is 3.57. The van der Waals surface area contributed by atoms with Gasteiger partial charge in [0.25, 0.3) is 0 Å². The molecule has 1 aromatic heterocycles. The molecule has 0 bridgehead atoms. The molecule has 0 saturated heterocycles. The molecule has 0 aliphatic carbocycles. The van der Waals surface area contributed by atoms with Gasteiger partial charge in [-0.05, 0) is 43.1 Å². The molecule has 1 atom stereocenters. The molecule has 19 heavy (non-hydrogen) atoms. The van der Waals surface area contributed by atoms with Crippen LogP contribution in [0.1, 0.15) is 33.0 Å². The van der Waals surface area contributed by atoms with Gasteiger partial charge in [-0.2, -0.15) is 0 Å². The van der Waals surface area contributed by atoms with E-state index < -0.39 is 0 Å². The molecule has 1 heterocycles. The van der Waals surface area contributed by atoms with E-state index in [1.54, 1.807) is 6.07 Å². The second-order valence-corrected chi connectivity index (χ2v) is 5.34. The minimum atomic E-state index is -0.215. The van der Waals surface area contributed by atoms with Crippen molar-refractivity contribution in [3.63, 3.8) is 0 Å². The van der Waals surface area contributed by atoms with Crippen molar-refractivity contribution in [1.82, 2.24) is 5.32 Å². The molecule has 2 rings (SSSR count). The molecule has 1 unspecified atom stereocenters. The maximum absolute atomic E-state index is 13.1. The van der Waals surface area contributed by atoms with E-state index in [2.05, 4.69) is 26.1 Å². The van der Waals surface area contributed by atoms with E-state index in [0.29, 0.717) is 12.0 Å². The van der Waals surface area contributed by atoms with Gasteiger partial charge >= 0.3 is 0 Å². The predicted molar refractivity (Wildman–Crippen MR) is 76.8 cm³/mol. The first-order valence-corrected chi connectivity index (χ1v) is 7.01. The average molecular weight is 263 g/mol. The van der Waals surface area contributed by atoms with Gasteiger partial charge in [-0.15, -0.1) is 0 Å². The Morgan fingerprint density at radius 3 is 2.74 bits per heavy atom. The Hall–Kier alpha value is -1.35. The third-order valence-electron chi connectivity index (χ3n) is 3.50. The van der Waals surface area contributed by atoms with Crippen molar-refractivity contribution in [2.24, 2.45) is 5.92 Å². The Labute approximate surface area is 114 Å². The summed E-state index contributed by atoms with van der Waals surface area (Å²) in [5, 5.41) is 4.34. The minimum absolute atomic E-state index is 0.215. The molecule has 1 aromatic carbocycles. The van der Waals surface area contributed by atoms with E-state index >= 15 is 0 Å². The molecule has 0 aliphatic heterocycles. The SMILES string of the molecule is CCNC(CCc1cc2cc(F)ccc2o1)C(C)C. The molecule has 3 heteroatoms. The summed E-state index contributed by atoms with van der Waals surface area (Å²) in [6, 6.07) is 7.09. The van der Waals surface area contributed by atoms with Gasteiger partial charge in [0.2, 0.25) is 0 Å². The highest BCUT2D eigenvalue weighted by Crippen LogP contribution is 2.22. The van der Waals surface area contributed by atoms with Crippen molar-refractivity contribution in [3.05, 3.63) is 35.8 Å². The van der Waals surface area contributed by atoms with Crippen LogP contribution in [0.25, 0.3) is 11.0 Å². The molecule has 0 amide bonds. The summed E-state index contributed by atoms with van der Waals surface area (Å²) in [5.74, 6) is 1.32. The van der Waals surface area contributed by atoms with Crippen LogP contribution < -0.4 is 5.32 Å². The monoisotopic (exact) mass is 263 g/mol. The highest BCUT2D eigenvalue weighted by molar-refractivity contribution is 5.77. The van der Waals surface area contributed by atoms with E-state index in [4.69, 9.17) is 4.42 Å². The molecule has 0 spiro atoms. The van der Waals surface area contributed by atoms with Gasteiger partial charge in [0, 0.05) is 17.8 Å². The maximum atomic E-state index is 13.1. The van der Waals surface area contributed by atoms with E-state index in [1.807, 2.05) is 6.07 Å². The van der Waals surface area contributed by atoms with Crippen LogP contribution in [0.5, 0.6) is 0 Å². The lowest BCUT2D eigenvalue weighted by atomic mass is 9.98. The van der Waals surface area contributed by atoms with E-state index in [0.717, 1.165) is 36.1 Å². The van der Waals surface area contributed by atoms with Gasteiger partial charge in [-0.1, -0.05) is 20.8 Å². The minimum Gasteiger partial charge on any atom is -0.461 e. The molecular formula is C16H22FNO. The van der Waals surface area contributed by atoms with Crippen molar-refractivity contribution >= 4 is 11.0 Å². The molecule has 0 aliphatic rings. The van der Waals surface area contributed by atoms with Gasteiger partial charge in [0.15, 0.2) is 0 Å². The first-order chi connectivity index (χ1) is 9.10. The molecule has 104 valence electrons. The Kier molecular flexibility index (Phi) is 4.59. The number of hydrogen-bond donors (Lipinski definition) is 1. The van der Waals surface area contributed by atoms with Gasteiger partial charge < -0.3 is 9.73 Å². The third-order valence-corrected chi connectivity index (χ3v) is 3.50. The van der Waals surface area contributed by atoms with Gasteiger partial charge in [0.05, 0.1) is 0 Å². The quantitative estimate of drug-likeness (QED) is 0.847. The molecule has 0 radical (unpaired) electrons. The zero-order chi connectivity index (χ0) is 13.8.